The molecule has 0 aliphatic carbocycles. The number of rotatable bonds is 4. The highest BCUT2D eigenvalue weighted by Crippen LogP contribution is 2.25. The molecule has 0 aromatic heterocycles. The van der Waals surface area contributed by atoms with E-state index in [1.807, 2.05) is 0 Å². The molecule has 2 aliphatic rings. The van der Waals surface area contributed by atoms with Crippen molar-refractivity contribution in [1.29, 1.82) is 0 Å². The van der Waals surface area contributed by atoms with Gasteiger partial charge in [-0.1, -0.05) is 35.9 Å². The Labute approximate surface area is 168 Å². The molecular formula is C21H20ClN3O3. The second kappa shape index (κ2) is 7.64. The first-order chi connectivity index (χ1) is 13.5. The quantitative estimate of drug-likeness (QED) is 0.862. The zero-order chi connectivity index (χ0) is 19.7. The Kier molecular flexibility index (Phi) is 5.05. The van der Waals surface area contributed by atoms with E-state index in [2.05, 4.69) is 5.32 Å². The van der Waals surface area contributed by atoms with Gasteiger partial charge in [-0.2, -0.15) is 0 Å². The Bertz CT molecular complexity index is 929. The van der Waals surface area contributed by atoms with Crippen molar-refractivity contribution in [3.05, 3.63) is 64.7 Å². The van der Waals surface area contributed by atoms with Crippen molar-refractivity contribution in [2.24, 2.45) is 0 Å². The number of carbonyl (C=O) groups excluding carboxylic acids is 3. The molecule has 2 heterocycles. The maximum Gasteiger partial charge on any atom is 0.255 e. The van der Waals surface area contributed by atoms with Crippen LogP contribution in [0, 0.1) is 0 Å². The average Bonchev–Trinajstić information content (AvgIpc) is 3.19. The Hall–Kier alpha value is -2.86. The number of anilines is 1. The molecule has 1 N–H and O–H groups in total. The number of nitrogens with one attached hydrogen (secondary N) is 1. The third-order valence-corrected chi connectivity index (χ3v) is 5.54. The van der Waals surface area contributed by atoms with Crippen LogP contribution in [0.2, 0.25) is 5.02 Å². The summed E-state index contributed by atoms with van der Waals surface area (Å²) in [6.07, 6.45) is 1.62. The first-order valence-electron chi connectivity index (χ1n) is 9.26. The highest BCUT2D eigenvalue weighted by Gasteiger charge is 2.41. The third kappa shape index (κ3) is 3.60. The van der Waals surface area contributed by atoms with Crippen LogP contribution in [0.25, 0.3) is 0 Å². The van der Waals surface area contributed by atoms with Gasteiger partial charge in [0.1, 0.15) is 12.6 Å². The summed E-state index contributed by atoms with van der Waals surface area (Å²) >= 11 is 6.07. The van der Waals surface area contributed by atoms with Crippen LogP contribution in [0.5, 0.6) is 0 Å². The molecule has 0 saturated carbocycles. The topological polar surface area (TPSA) is 69.7 Å². The smallest absolute Gasteiger partial charge is 0.255 e. The summed E-state index contributed by atoms with van der Waals surface area (Å²) < 4.78 is 0. The highest BCUT2D eigenvalue weighted by atomic mass is 35.5. The van der Waals surface area contributed by atoms with Crippen LogP contribution < -0.4 is 5.32 Å². The zero-order valence-corrected chi connectivity index (χ0v) is 16.0. The van der Waals surface area contributed by atoms with Crippen molar-refractivity contribution in [2.75, 3.05) is 18.4 Å². The summed E-state index contributed by atoms with van der Waals surface area (Å²) in [5, 5.41) is 3.25. The monoisotopic (exact) mass is 397 g/mol. The van der Waals surface area contributed by atoms with Crippen LogP contribution in [-0.2, 0) is 16.1 Å². The highest BCUT2D eigenvalue weighted by molar-refractivity contribution is 6.33. The lowest BCUT2D eigenvalue weighted by atomic mass is 10.1. The molecule has 4 rings (SSSR count). The van der Waals surface area contributed by atoms with Gasteiger partial charge in [0.05, 0.1) is 10.7 Å². The first kappa shape index (κ1) is 18.5. The molecule has 2 fully saturated rings. The van der Waals surface area contributed by atoms with Crippen molar-refractivity contribution in [3.63, 3.8) is 0 Å². The standard InChI is InChI=1S/C21H20ClN3O3/c22-16-4-1-2-5-17(16)23-20(27)15-9-7-14(8-10-15)12-24-13-19(26)25-11-3-6-18(25)21(24)28/h1-2,4-5,7-10,18H,3,6,11-13H2,(H,23,27)/t18-/m1/s1. The summed E-state index contributed by atoms with van der Waals surface area (Å²) in [5.74, 6) is -0.235. The molecule has 0 unspecified atom stereocenters. The molecular weight excluding hydrogens is 378 g/mol. The van der Waals surface area contributed by atoms with Crippen LogP contribution >= 0.6 is 11.6 Å². The zero-order valence-electron chi connectivity index (χ0n) is 15.2. The van der Waals surface area contributed by atoms with Gasteiger partial charge in [-0.3, -0.25) is 14.4 Å². The first-order valence-corrected chi connectivity index (χ1v) is 9.64. The van der Waals surface area contributed by atoms with E-state index in [1.165, 1.54) is 0 Å². The fourth-order valence-electron chi connectivity index (χ4n) is 3.74. The molecule has 6 nitrogen and oxygen atoms in total. The van der Waals surface area contributed by atoms with Crippen LogP contribution in [-0.4, -0.2) is 46.7 Å². The van der Waals surface area contributed by atoms with Gasteiger partial charge in [0.2, 0.25) is 11.8 Å². The van der Waals surface area contributed by atoms with Gasteiger partial charge < -0.3 is 15.1 Å². The maximum atomic E-state index is 12.6. The summed E-state index contributed by atoms with van der Waals surface area (Å²) in [5.41, 5.74) is 1.92. The molecule has 1 atom stereocenters. The number of hydrogen-bond acceptors (Lipinski definition) is 3. The summed E-state index contributed by atoms with van der Waals surface area (Å²) in [7, 11) is 0. The van der Waals surface area contributed by atoms with Crippen molar-refractivity contribution < 1.29 is 14.4 Å². The van der Waals surface area contributed by atoms with Crippen LogP contribution in [0.3, 0.4) is 0 Å². The fraction of sp³-hybridized carbons (Fsp3) is 0.286. The maximum absolute atomic E-state index is 12.6. The number of hydrogen-bond donors (Lipinski definition) is 1. The van der Waals surface area contributed by atoms with E-state index in [1.54, 1.807) is 58.3 Å². The van der Waals surface area contributed by atoms with Gasteiger partial charge in [-0.25, -0.2) is 0 Å². The largest absolute Gasteiger partial charge is 0.329 e. The van der Waals surface area contributed by atoms with E-state index in [0.29, 0.717) is 29.4 Å². The number of benzene rings is 2. The Morgan fingerprint density at radius 1 is 1.11 bits per heavy atom. The van der Waals surface area contributed by atoms with E-state index in [0.717, 1.165) is 18.4 Å². The van der Waals surface area contributed by atoms with Gasteiger partial charge in [0, 0.05) is 18.7 Å². The third-order valence-electron chi connectivity index (χ3n) is 5.21. The minimum atomic E-state index is -0.304. The summed E-state index contributed by atoms with van der Waals surface area (Å²) in [6.45, 7) is 1.16. The molecule has 2 aromatic carbocycles. The van der Waals surface area contributed by atoms with Crippen LogP contribution in [0.15, 0.2) is 48.5 Å². The van der Waals surface area contributed by atoms with Gasteiger partial charge in [0.25, 0.3) is 5.91 Å². The predicted octanol–water partition coefficient (Wildman–Crippen LogP) is 2.93. The normalized spacial score (nSPS) is 19.0. The molecule has 2 saturated heterocycles. The van der Waals surface area contributed by atoms with Crippen molar-refractivity contribution in [1.82, 2.24) is 9.80 Å². The van der Waals surface area contributed by atoms with E-state index >= 15 is 0 Å². The molecule has 28 heavy (non-hydrogen) atoms. The van der Waals surface area contributed by atoms with Crippen molar-refractivity contribution >= 4 is 35.0 Å². The van der Waals surface area contributed by atoms with E-state index in [4.69, 9.17) is 11.6 Å². The van der Waals surface area contributed by atoms with E-state index in [9.17, 15) is 14.4 Å². The SMILES string of the molecule is O=C(Nc1ccccc1Cl)c1ccc(CN2CC(=O)N3CCC[C@@H]3C2=O)cc1. The molecule has 2 aromatic rings. The number of carbonyl (C=O) groups is 3. The number of halogens is 1. The van der Waals surface area contributed by atoms with Gasteiger partial charge in [0.15, 0.2) is 0 Å². The van der Waals surface area contributed by atoms with Crippen molar-refractivity contribution in [3.8, 4) is 0 Å². The second-order valence-corrected chi connectivity index (χ2v) is 7.48. The molecule has 3 amide bonds. The van der Waals surface area contributed by atoms with Crippen molar-refractivity contribution in [2.45, 2.75) is 25.4 Å². The van der Waals surface area contributed by atoms with Gasteiger partial charge in [-0.15, -0.1) is 0 Å². The average molecular weight is 398 g/mol. The predicted molar refractivity (Wildman–Crippen MR) is 106 cm³/mol. The van der Waals surface area contributed by atoms with Crippen LogP contribution in [0.4, 0.5) is 5.69 Å². The second-order valence-electron chi connectivity index (χ2n) is 7.07. The minimum Gasteiger partial charge on any atom is -0.329 e. The summed E-state index contributed by atoms with van der Waals surface area (Å²) in [4.78, 5) is 40.6. The number of para-hydroxylation sites is 1. The van der Waals surface area contributed by atoms with Crippen LogP contribution in [0.1, 0.15) is 28.8 Å². The number of piperazine rings is 1. The van der Waals surface area contributed by atoms with Gasteiger partial charge >= 0.3 is 0 Å². The Balaban J connectivity index is 1.42. The Morgan fingerprint density at radius 3 is 2.61 bits per heavy atom. The molecule has 0 radical (unpaired) electrons. The molecule has 0 bridgehead atoms. The number of fused-ring (bicyclic) bond motifs is 1. The molecule has 0 spiro atoms. The lowest BCUT2D eigenvalue weighted by Crippen LogP contribution is -2.56. The Morgan fingerprint density at radius 2 is 1.86 bits per heavy atom. The summed E-state index contributed by atoms with van der Waals surface area (Å²) in [6, 6.07) is 13.8. The van der Waals surface area contributed by atoms with E-state index < -0.39 is 0 Å². The number of amides is 3. The van der Waals surface area contributed by atoms with Gasteiger partial charge in [-0.05, 0) is 42.7 Å². The number of nitrogens with zero attached hydrogens (tertiary/aromatic N) is 2. The molecule has 7 heteroatoms. The lowest BCUT2D eigenvalue weighted by molar-refractivity contribution is -0.154. The molecule has 144 valence electrons. The minimum absolute atomic E-state index is 0.0117. The lowest BCUT2D eigenvalue weighted by Gasteiger charge is -2.36. The molecule has 2 aliphatic heterocycles. The fourth-order valence-corrected chi connectivity index (χ4v) is 3.92. The van der Waals surface area contributed by atoms with E-state index in [-0.39, 0.29) is 30.3 Å².